The predicted molar refractivity (Wildman–Crippen MR) is 88.2 cm³/mol. The van der Waals surface area contributed by atoms with Crippen molar-refractivity contribution < 1.29 is 9.53 Å². The average molecular weight is 307 g/mol. The van der Waals surface area contributed by atoms with Crippen molar-refractivity contribution in [3.63, 3.8) is 0 Å². The standard InChI is InChI=1S/C15H25N5O2/c1-15(2,3)19-14(21)22-10-6-8-20(9-10)11-5-7-18-13(17-4)12(11)16/h5,7,10H,6,8-9,16H2,1-4H3,(H,17,18)(H,19,21). The van der Waals surface area contributed by atoms with Crippen LogP contribution in [-0.4, -0.2) is 42.9 Å². The first-order valence-corrected chi connectivity index (χ1v) is 7.46. The molecular formula is C15H25N5O2. The first-order chi connectivity index (χ1) is 10.3. The van der Waals surface area contributed by atoms with Gasteiger partial charge in [0, 0.05) is 31.7 Å². The predicted octanol–water partition coefficient (Wildman–Crippen LogP) is 1.81. The van der Waals surface area contributed by atoms with Gasteiger partial charge in [-0.3, -0.25) is 0 Å². The Bertz CT molecular complexity index is 541. The molecule has 0 saturated carbocycles. The van der Waals surface area contributed by atoms with Crippen LogP contribution in [0.5, 0.6) is 0 Å². The largest absolute Gasteiger partial charge is 0.444 e. The van der Waals surface area contributed by atoms with Crippen LogP contribution < -0.4 is 21.3 Å². The number of nitrogens with one attached hydrogen (secondary N) is 2. The Hall–Kier alpha value is -2.18. The number of alkyl carbamates (subject to hydrolysis) is 1. The van der Waals surface area contributed by atoms with Crippen LogP contribution in [0.4, 0.5) is 22.0 Å². The quantitative estimate of drug-likeness (QED) is 0.788. The molecule has 1 saturated heterocycles. The highest BCUT2D eigenvalue weighted by Gasteiger charge is 2.28. The Morgan fingerprint density at radius 1 is 1.50 bits per heavy atom. The van der Waals surface area contributed by atoms with Gasteiger partial charge in [0.2, 0.25) is 0 Å². The fourth-order valence-electron chi connectivity index (χ4n) is 2.47. The molecule has 1 unspecified atom stereocenters. The highest BCUT2D eigenvalue weighted by molar-refractivity contribution is 5.78. The van der Waals surface area contributed by atoms with Crippen molar-refractivity contribution in [3.05, 3.63) is 12.3 Å². The third-order valence-electron chi connectivity index (χ3n) is 3.44. The highest BCUT2D eigenvalue weighted by atomic mass is 16.6. The van der Waals surface area contributed by atoms with Gasteiger partial charge in [0.25, 0.3) is 0 Å². The molecule has 1 atom stereocenters. The second-order valence-electron chi connectivity index (χ2n) is 6.48. The van der Waals surface area contributed by atoms with Crippen LogP contribution in [0.1, 0.15) is 27.2 Å². The molecule has 0 spiro atoms. The van der Waals surface area contributed by atoms with Gasteiger partial charge in [0.15, 0.2) is 5.82 Å². The first-order valence-electron chi connectivity index (χ1n) is 7.46. The summed E-state index contributed by atoms with van der Waals surface area (Å²) < 4.78 is 5.47. The average Bonchev–Trinajstić information content (AvgIpc) is 2.85. The lowest BCUT2D eigenvalue weighted by atomic mass is 10.1. The van der Waals surface area contributed by atoms with Crippen LogP contribution in [0.15, 0.2) is 12.3 Å². The molecule has 2 heterocycles. The van der Waals surface area contributed by atoms with Crippen LogP contribution in [0.2, 0.25) is 0 Å². The topological polar surface area (TPSA) is 92.5 Å². The summed E-state index contributed by atoms with van der Waals surface area (Å²) in [6.45, 7) is 7.20. The number of ether oxygens (including phenoxy) is 1. The first kappa shape index (κ1) is 16.2. The Morgan fingerprint density at radius 3 is 2.86 bits per heavy atom. The van der Waals surface area contributed by atoms with E-state index in [0.717, 1.165) is 18.7 Å². The molecule has 7 heteroatoms. The van der Waals surface area contributed by atoms with Gasteiger partial charge < -0.3 is 26.0 Å². The molecular weight excluding hydrogens is 282 g/mol. The molecule has 22 heavy (non-hydrogen) atoms. The number of carbonyl (C=O) groups excluding carboxylic acids is 1. The second-order valence-corrected chi connectivity index (χ2v) is 6.48. The number of nitrogen functional groups attached to an aromatic ring is 1. The lowest BCUT2D eigenvalue weighted by molar-refractivity contribution is 0.101. The molecule has 1 aliphatic heterocycles. The second kappa shape index (κ2) is 6.29. The summed E-state index contributed by atoms with van der Waals surface area (Å²) in [5.41, 5.74) is 7.35. The number of hydrogen-bond donors (Lipinski definition) is 3. The van der Waals surface area contributed by atoms with Crippen LogP contribution in [0, 0.1) is 0 Å². The Balaban J connectivity index is 1.97. The van der Waals surface area contributed by atoms with E-state index < -0.39 is 0 Å². The molecule has 0 radical (unpaired) electrons. The third-order valence-corrected chi connectivity index (χ3v) is 3.44. The van der Waals surface area contributed by atoms with Crippen molar-refractivity contribution in [2.45, 2.75) is 38.8 Å². The number of carbonyl (C=O) groups is 1. The van der Waals surface area contributed by atoms with Crippen molar-refractivity contribution in [1.29, 1.82) is 0 Å². The van der Waals surface area contributed by atoms with E-state index in [4.69, 9.17) is 10.5 Å². The summed E-state index contributed by atoms with van der Waals surface area (Å²) in [5.74, 6) is 0.660. The summed E-state index contributed by atoms with van der Waals surface area (Å²) in [5, 5.41) is 5.78. The van der Waals surface area contributed by atoms with E-state index in [-0.39, 0.29) is 17.7 Å². The van der Waals surface area contributed by atoms with Gasteiger partial charge in [-0.2, -0.15) is 0 Å². The smallest absolute Gasteiger partial charge is 0.407 e. The molecule has 0 bridgehead atoms. The zero-order chi connectivity index (χ0) is 16.3. The Kier molecular flexibility index (Phi) is 4.63. The van der Waals surface area contributed by atoms with E-state index in [1.807, 2.05) is 26.8 Å². The van der Waals surface area contributed by atoms with Crippen molar-refractivity contribution in [1.82, 2.24) is 10.3 Å². The number of nitrogens with two attached hydrogens (primary N) is 1. The monoisotopic (exact) mass is 307 g/mol. The maximum atomic E-state index is 11.8. The molecule has 122 valence electrons. The number of hydrogen-bond acceptors (Lipinski definition) is 6. The fraction of sp³-hybridized carbons (Fsp3) is 0.600. The highest BCUT2D eigenvalue weighted by Crippen LogP contribution is 2.31. The molecule has 1 aromatic heterocycles. The van der Waals surface area contributed by atoms with Crippen molar-refractivity contribution in [2.24, 2.45) is 0 Å². The minimum atomic E-state index is -0.377. The number of rotatable bonds is 3. The van der Waals surface area contributed by atoms with Crippen molar-refractivity contribution in [3.8, 4) is 0 Å². The van der Waals surface area contributed by atoms with Crippen LogP contribution in [0.25, 0.3) is 0 Å². The molecule has 1 aliphatic rings. The lowest BCUT2D eigenvalue weighted by Gasteiger charge is -2.23. The van der Waals surface area contributed by atoms with Gasteiger partial charge >= 0.3 is 6.09 Å². The van der Waals surface area contributed by atoms with E-state index in [1.54, 1.807) is 13.2 Å². The van der Waals surface area contributed by atoms with E-state index in [0.29, 0.717) is 18.1 Å². The van der Waals surface area contributed by atoms with Gasteiger partial charge in [-0.1, -0.05) is 0 Å². The van der Waals surface area contributed by atoms with Crippen LogP contribution in [-0.2, 0) is 4.74 Å². The molecule has 2 rings (SSSR count). The molecule has 1 amide bonds. The van der Waals surface area contributed by atoms with Crippen LogP contribution >= 0.6 is 0 Å². The lowest BCUT2D eigenvalue weighted by Crippen LogP contribution is -2.42. The van der Waals surface area contributed by atoms with E-state index in [1.165, 1.54) is 0 Å². The number of amides is 1. The molecule has 1 aromatic rings. The summed E-state index contributed by atoms with van der Waals surface area (Å²) in [4.78, 5) is 18.1. The van der Waals surface area contributed by atoms with Crippen LogP contribution in [0.3, 0.4) is 0 Å². The summed E-state index contributed by atoms with van der Waals surface area (Å²) in [7, 11) is 1.79. The van der Waals surface area contributed by atoms with Gasteiger partial charge in [-0.25, -0.2) is 9.78 Å². The number of anilines is 3. The Morgan fingerprint density at radius 2 is 2.23 bits per heavy atom. The molecule has 1 fully saturated rings. The van der Waals surface area contributed by atoms with Gasteiger partial charge in [-0.05, 0) is 26.8 Å². The Labute approximate surface area is 131 Å². The van der Waals surface area contributed by atoms with Gasteiger partial charge in [0.1, 0.15) is 6.10 Å². The zero-order valence-electron chi connectivity index (χ0n) is 13.6. The molecule has 4 N–H and O–H groups in total. The minimum absolute atomic E-state index is 0.132. The summed E-state index contributed by atoms with van der Waals surface area (Å²) >= 11 is 0. The van der Waals surface area contributed by atoms with E-state index in [2.05, 4.69) is 20.5 Å². The number of nitrogens with zero attached hydrogens (tertiary/aromatic N) is 2. The summed E-state index contributed by atoms with van der Waals surface area (Å²) in [6.07, 6.45) is 2.00. The fourth-order valence-corrected chi connectivity index (χ4v) is 2.47. The number of aromatic nitrogens is 1. The van der Waals surface area contributed by atoms with Gasteiger partial charge in [0.05, 0.1) is 17.9 Å². The zero-order valence-corrected chi connectivity index (χ0v) is 13.6. The minimum Gasteiger partial charge on any atom is -0.444 e. The molecule has 7 nitrogen and oxygen atoms in total. The third kappa shape index (κ3) is 3.93. The maximum absolute atomic E-state index is 11.8. The molecule has 0 aromatic carbocycles. The van der Waals surface area contributed by atoms with E-state index >= 15 is 0 Å². The van der Waals surface area contributed by atoms with Crippen molar-refractivity contribution in [2.75, 3.05) is 36.1 Å². The summed E-state index contributed by atoms with van der Waals surface area (Å²) in [6, 6.07) is 1.88. The van der Waals surface area contributed by atoms with E-state index in [9.17, 15) is 4.79 Å². The van der Waals surface area contributed by atoms with Gasteiger partial charge in [-0.15, -0.1) is 0 Å². The SMILES string of the molecule is CNc1nccc(N2CCC(OC(=O)NC(C)(C)C)C2)c1N. The molecule has 0 aliphatic carbocycles. The normalized spacial score (nSPS) is 18.2. The maximum Gasteiger partial charge on any atom is 0.407 e. The van der Waals surface area contributed by atoms with Crippen molar-refractivity contribution >= 4 is 23.3 Å². The number of pyridine rings is 1.